The number of aromatic nitrogens is 3. The summed E-state index contributed by atoms with van der Waals surface area (Å²) >= 11 is 0. The second kappa shape index (κ2) is 8.49. The van der Waals surface area contributed by atoms with Crippen LogP contribution in [0, 0.1) is 5.82 Å². The molecule has 2 aliphatic rings. The van der Waals surface area contributed by atoms with Crippen LogP contribution in [0.1, 0.15) is 49.0 Å². The Kier molecular flexibility index (Phi) is 5.80. The lowest BCUT2D eigenvalue weighted by Gasteiger charge is -2.32. The third-order valence-electron chi connectivity index (χ3n) is 5.72. The van der Waals surface area contributed by atoms with Gasteiger partial charge in [-0.3, -0.25) is 9.36 Å². The summed E-state index contributed by atoms with van der Waals surface area (Å²) in [6.45, 7) is 2.14. The maximum atomic E-state index is 13.1. The number of ether oxygens (including phenoxy) is 1. The van der Waals surface area contributed by atoms with Gasteiger partial charge in [-0.2, -0.15) is 5.10 Å². The first kappa shape index (κ1) is 19.8. The van der Waals surface area contributed by atoms with Gasteiger partial charge in [0.05, 0.1) is 19.6 Å². The van der Waals surface area contributed by atoms with Crippen molar-refractivity contribution in [2.45, 2.75) is 50.6 Å². The molecule has 2 aromatic rings. The van der Waals surface area contributed by atoms with Crippen molar-refractivity contribution in [2.24, 2.45) is 0 Å². The predicted octanol–water partition coefficient (Wildman–Crippen LogP) is 2.11. The van der Waals surface area contributed by atoms with Crippen molar-refractivity contribution in [3.63, 3.8) is 0 Å². The van der Waals surface area contributed by atoms with Gasteiger partial charge in [-0.1, -0.05) is 12.1 Å². The number of carbonyl (C=O) groups is 1. The SMILES string of the molecule is COCCn1nc(C2CCCN(C(=O)Cc3ccc(F)cc3)C2)n(C2CC2)c1=O. The molecule has 0 spiro atoms. The van der Waals surface area contributed by atoms with Gasteiger partial charge in [0.1, 0.15) is 11.6 Å². The topological polar surface area (TPSA) is 69.4 Å². The molecule has 1 saturated heterocycles. The largest absolute Gasteiger partial charge is 0.383 e. The van der Waals surface area contributed by atoms with Gasteiger partial charge >= 0.3 is 5.69 Å². The summed E-state index contributed by atoms with van der Waals surface area (Å²) in [6, 6.07) is 6.29. The van der Waals surface area contributed by atoms with Crippen LogP contribution >= 0.6 is 0 Å². The monoisotopic (exact) mass is 402 g/mol. The van der Waals surface area contributed by atoms with E-state index in [-0.39, 0.29) is 35.8 Å². The van der Waals surface area contributed by atoms with Crippen LogP contribution in [-0.2, 0) is 22.5 Å². The maximum Gasteiger partial charge on any atom is 0.346 e. The van der Waals surface area contributed by atoms with Crippen LogP contribution < -0.4 is 5.69 Å². The van der Waals surface area contributed by atoms with Crippen molar-refractivity contribution in [2.75, 3.05) is 26.8 Å². The van der Waals surface area contributed by atoms with Crippen LogP contribution in [0.15, 0.2) is 29.1 Å². The van der Waals surface area contributed by atoms with E-state index in [1.54, 1.807) is 19.2 Å². The fourth-order valence-electron chi connectivity index (χ4n) is 4.02. The summed E-state index contributed by atoms with van der Waals surface area (Å²) in [5, 5.41) is 4.63. The maximum absolute atomic E-state index is 13.1. The Bertz CT molecular complexity index is 917. The quantitative estimate of drug-likeness (QED) is 0.711. The minimum atomic E-state index is -0.304. The predicted molar refractivity (Wildman–Crippen MR) is 105 cm³/mol. The number of methoxy groups -OCH3 is 1. The lowest BCUT2D eigenvalue weighted by Crippen LogP contribution is -2.40. The normalized spacial score (nSPS) is 19.5. The Morgan fingerprint density at radius 3 is 2.69 bits per heavy atom. The molecular weight excluding hydrogens is 375 g/mol. The van der Waals surface area contributed by atoms with Crippen LogP contribution in [0.25, 0.3) is 0 Å². The van der Waals surface area contributed by atoms with Crippen molar-refractivity contribution < 1.29 is 13.9 Å². The first-order valence-corrected chi connectivity index (χ1v) is 10.3. The zero-order chi connectivity index (χ0) is 20.4. The number of benzene rings is 1. The van der Waals surface area contributed by atoms with Crippen molar-refractivity contribution in [1.82, 2.24) is 19.2 Å². The van der Waals surface area contributed by atoms with E-state index in [0.29, 0.717) is 26.2 Å². The molecule has 7 nitrogen and oxygen atoms in total. The van der Waals surface area contributed by atoms with E-state index in [2.05, 4.69) is 5.10 Å². The van der Waals surface area contributed by atoms with Gasteiger partial charge in [-0.05, 0) is 43.4 Å². The molecule has 0 radical (unpaired) electrons. The van der Waals surface area contributed by atoms with Crippen molar-refractivity contribution >= 4 is 5.91 Å². The van der Waals surface area contributed by atoms with Gasteiger partial charge in [0.15, 0.2) is 0 Å². The van der Waals surface area contributed by atoms with Crippen LogP contribution in [0.5, 0.6) is 0 Å². The molecule has 1 aromatic heterocycles. The van der Waals surface area contributed by atoms with Gasteiger partial charge < -0.3 is 9.64 Å². The van der Waals surface area contributed by atoms with Crippen LogP contribution in [0.2, 0.25) is 0 Å². The second-order valence-corrected chi connectivity index (χ2v) is 7.94. The van der Waals surface area contributed by atoms with Crippen LogP contribution in [-0.4, -0.2) is 52.0 Å². The molecule has 2 heterocycles. The molecule has 0 bridgehead atoms. The van der Waals surface area contributed by atoms with E-state index in [1.165, 1.54) is 16.8 Å². The molecule has 29 heavy (non-hydrogen) atoms. The Labute approximate surface area is 169 Å². The molecule has 1 aromatic carbocycles. The molecule has 1 unspecified atom stereocenters. The molecule has 4 rings (SSSR count). The number of piperidine rings is 1. The zero-order valence-corrected chi connectivity index (χ0v) is 16.7. The van der Waals surface area contributed by atoms with Crippen molar-refractivity contribution in [3.05, 3.63) is 52.0 Å². The van der Waals surface area contributed by atoms with E-state index < -0.39 is 0 Å². The average molecular weight is 402 g/mol. The number of hydrogen-bond donors (Lipinski definition) is 0. The Hall–Kier alpha value is -2.48. The molecule has 8 heteroatoms. The molecule has 0 N–H and O–H groups in total. The number of nitrogens with zero attached hydrogens (tertiary/aromatic N) is 4. The fourth-order valence-corrected chi connectivity index (χ4v) is 4.02. The molecule has 156 valence electrons. The highest BCUT2D eigenvalue weighted by atomic mass is 19.1. The molecular formula is C21H27FN4O3. The number of rotatable bonds is 7. The van der Waals surface area contributed by atoms with E-state index >= 15 is 0 Å². The van der Waals surface area contributed by atoms with Gasteiger partial charge in [0.25, 0.3) is 0 Å². The van der Waals surface area contributed by atoms with Crippen LogP contribution in [0.4, 0.5) is 4.39 Å². The number of likely N-dealkylation sites (tertiary alicyclic amines) is 1. The first-order chi connectivity index (χ1) is 14.1. The zero-order valence-electron chi connectivity index (χ0n) is 16.7. The van der Waals surface area contributed by atoms with Gasteiger partial charge in [0.2, 0.25) is 5.91 Å². The third-order valence-corrected chi connectivity index (χ3v) is 5.72. The van der Waals surface area contributed by atoms with Crippen molar-refractivity contribution in [1.29, 1.82) is 0 Å². The van der Waals surface area contributed by atoms with E-state index in [9.17, 15) is 14.0 Å². The van der Waals surface area contributed by atoms with Gasteiger partial charge in [-0.25, -0.2) is 13.9 Å². The molecule has 1 aliphatic heterocycles. The standard InChI is InChI=1S/C21H27FN4O3/c1-29-12-11-25-21(28)26(18-8-9-18)20(23-25)16-3-2-10-24(14-16)19(27)13-15-4-6-17(22)7-5-15/h4-7,16,18H,2-3,8-14H2,1H3. The lowest BCUT2D eigenvalue weighted by molar-refractivity contribution is -0.131. The van der Waals surface area contributed by atoms with E-state index in [4.69, 9.17) is 4.74 Å². The summed E-state index contributed by atoms with van der Waals surface area (Å²) in [7, 11) is 1.61. The average Bonchev–Trinajstić information content (AvgIpc) is 3.51. The smallest absolute Gasteiger partial charge is 0.346 e. The highest BCUT2D eigenvalue weighted by Crippen LogP contribution is 2.37. The minimum absolute atomic E-state index is 0.0282. The van der Waals surface area contributed by atoms with Crippen molar-refractivity contribution in [3.8, 4) is 0 Å². The number of carbonyl (C=O) groups excluding carboxylic acids is 1. The first-order valence-electron chi connectivity index (χ1n) is 10.3. The minimum Gasteiger partial charge on any atom is -0.383 e. The lowest BCUT2D eigenvalue weighted by atomic mass is 9.96. The van der Waals surface area contributed by atoms with E-state index in [0.717, 1.165) is 37.1 Å². The Morgan fingerprint density at radius 2 is 2.00 bits per heavy atom. The second-order valence-electron chi connectivity index (χ2n) is 7.94. The third kappa shape index (κ3) is 4.42. The summed E-state index contributed by atoms with van der Waals surface area (Å²) < 4.78 is 21.5. The molecule has 1 amide bonds. The fraction of sp³-hybridized carbons (Fsp3) is 0.571. The van der Waals surface area contributed by atoms with Gasteiger partial charge in [-0.15, -0.1) is 0 Å². The van der Waals surface area contributed by atoms with E-state index in [1.807, 2.05) is 9.47 Å². The molecule has 1 atom stereocenters. The summed E-state index contributed by atoms with van der Waals surface area (Å²) in [5.41, 5.74) is 0.728. The highest BCUT2D eigenvalue weighted by molar-refractivity contribution is 5.79. The Balaban J connectivity index is 1.50. The van der Waals surface area contributed by atoms with Crippen LogP contribution in [0.3, 0.4) is 0 Å². The summed E-state index contributed by atoms with van der Waals surface area (Å²) in [6.07, 6.45) is 4.05. The Morgan fingerprint density at radius 1 is 1.24 bits per heavy atom. The summed E-state index contributed by atoms with van der Waals surface area (Å²) in [5.74, 6) is 0.577. The molecule has 2 fully saturated rings. The number of amides is 1. The highest BCUT2D eigenvalue weighted by Gasteiger charge is 2.35. The molecule has 1 aliphatic carbocycles. The molecule has 1 saturated carbocycles. The van der Waals surface area contributed by atoms with Gasteiger partial charge in [0, 0.05) is 32.2 Å². The summed E-state index contributed by atoms with van der Waals surface area (Å²) in [4.78, 5) is 27.5. The number of hydrogen-bond acceptors (Lipinski definition) is 4. The number of halogens is 1.